The normalized spacial score (nSPS) is 13.1. The largest absolute Gasteiger partial charge is 0.462 e. The average Bonchev–Trinajstić information content (AvgIpc) is 2.78. The molecule has 204 valence electrons. The van der Waals surface area contributed by atoms with Crippen molar-refractivity contribution in [3.05, 3.63) is 48.0 Å². The number of aliphatic hydroxyl groups excluding tert-OH is 1. The fourth-order valence-corrected chi connectivity index (χ4v) is 3.75. The molecule has 0 aliphatic carbocycles. The molecule has 0 aromatic heterocycles. The van der Waals surface area contributed by atoms with Crippen molar-refractivity contribution in [2.75, 3.05) is 26.4 Å². The molecule has 1 atom stereocenters. The molecule has 0 saturated carbocycles. The molecule has 7 nitrogen and oxygen atoms in total. The van der Waals surface area contributed by atoms with Crippen molar-refractivity contribution in [3.63, 3.8) is 0 Å². The van der Waals surface area contributed by atoms with E-state index in [1.807, 2.05) is 44.2 Å². The number of alkyl carbamates (subject to hydrolysis) is 1. The molecule has 1 aromatic carbocycles. The van der Waals surface area contributed by atoms with Crippen molar-refractivity contribution >= 4 is 12.1 Å². The quantitative estimate of drug-likeness (QED) is 0.168. The van der Waals surface area contributed by atoms with Gasteiger partial charge in [-0.15, -0.1) is 0 Å². The number of carbonyl (C=O) groups is 2. The second-order valence-electron chi connectivity index (χ2n) is 11.0. The van der Waals surface area contributed by atoms with Gasteiger partial charge in [0.1, 0.15) is 5.60 Å². The molecular formula is C29H47NO6. The predicted molar refractivity (Wildman–Crippen MR) is 143 cm³/mol. The van der Waals surface area contributed by atoms with Gasteiger partial charge >= 0.3 is 12.1 Å². The predicted octanol–water partition coefficient (Wildman–Crippen LogP) is 5.77. The van der Waals surface area contributed by atoms with E-state index in [9.17, 15) is 9.59 Å². The van der Waals surface area contributed by atoms with Crippen LogP contribution in [0.5, 0.6) is 0 Å². The van der Waals surface area contributed by atoms with Crippen molar-refractivity contribution in [1.29, 1.82) is 0 Å². The van der Waals surface area contributed by atoms with Crippen LogP contribution in [0.2, 0.25) is 0 Å². The van der Waals surface area contributed by atoms with Gasteiger partial charge in [-0.1, -0.05) is 57.2 Å². The van der Waals surface area contributed by atoms with E-state index in [0.29, 0.717) is 25.1 Å². The molecule has 0 heterocycles. The zero-order chi connectivity index (χ0) is 27.4. The maximum Gasteiger partial charge on any atom is 0.407 e. The first-order valence-electron chi connectivity index (χ1n) is 12.8. The van der Waals surface area contributed by atoms with Gasteiger partial charge in [-0.2, -0.15) is 0 Å². The Morgan fingerprint density at radius 1 is 1.03 bits per heavy atom. The summed E-state index contributed by atoms with van der Waals surface area (Å²) in [5, 5.41) is 11.9. The lowest BCUT2D eigenvalue weighted by Crippen LogP contribution is -2.46. The van der Waals surface area contributed by atoms with Crippen LogP contribution in [-0.4, -0.2) is 54.7 Å². The highest BCUT2D eigenvalue weighted by molar-refractivity contribution is 5.86. The molecule has 7 heteroatoms. The van der Waals surface area contributed by atoms with Gasteiger partial charge in [0.15, 0.2) is 0 Å². The molecule has 0 saturated heterocycles. The van der Waals surface area contributed by atoms with Crippen molar-refractivity contribution < 1.29 is 28.9 Å². The lowest BCUT2D eigenvalue weighted by Gasteiger charge is -2.44. The summed E-state index contributed by atoms with van der Waals surface area (Å²) >= 11 is 0. The van der Waals surface area contributed by atoms with Crippen LogP contribution in [-0.2, 0) is 19.0 Å². The Bertz CT molecular complexity index is 831. The van der Waals surface area contributed by atoms with Gasteiger partial charge in [0, 0.05) is 24.6 Å². The molecule has 1 amide bonds. The lowest BCUT2D eigenvalue weighted by atomic mass is 9.73. The van der Waals surface area contributed by atoms with Gasteiger partial charge in [-0.05, 0) is 64.9 Å². The number of hydrogen-bond donors (Lipinski definition) is 2. The Balaban J connectivity index is 2.82. The number of ether oxygens (including phenoxy) is 3. The van der Waals surface area contributed by atoms with Crippen LogP contribution in [0.3, 0.4) is 0 Å². The summed E-state index contributed by atoms with van der Waals surface area (Å²) in [5.74, 6) is -0.641. The third-order valence-corrected chi connectivity index (χ3v) is 7.02. The molecule has 0 aliphatic heterocycles. The van der Waals surface area contributed by atoms with Crippen LogP contribution in [0.1, 0.15) is 85.6 Å². The van der Waals surface area contributed by atoms with Crippen LogP contribution in [0.25, 0.3) is 0 Å². The van der Waals surface area contributed by atoms with Gasteiger partial charge in [0.05, 0.1) is 18.8 Å². The Morgan fingerprint density at radius 2 is 1.67 bits per heavy atom. The molecule has 0 aliphatic rings. The Hall–Kier alpha value is -2.38. The van der Waals surface area contributed by atoms with E-state index in [0.717, 1.165) is 24.8 Å². The molecular weight excluding hydrogens is 458 g/mol. The monoisotopic (exact) mass is 505 g/mol. The Kier molecular flexibility index (Phi) is 12.6. The number of aliphatic hydroxyl groups is 1. The van der Waals surface area contributed by atoms with Gasteiger partial charge in [-0.3, -0.25) is 0 Å². The third-order valence-electron chi connectivity index (χ3n) is 7.02. The Morgan fingerprint density at radius 3 is 2.25 bits per heavy atom. The maximum atomic E-state index is 12.6. The second kappa shape index (κ2) is 14.4. The fraction of sp³-hybridized carbons (Fsp3) is 0.655. The summed E-state index contributed by atoms with van der Waals surface area (Å²) in [6, 6.07) is 9.93. The molecule has 0 fully saturated rings. The number of rotatable bonds is 16. The number of esters is 1. The van der Waals surface area contributed by atoms with Crippen LogP contribution in [0.15, 0.2) is 42.5 Å². The first kappa shape index (κ1) is 31.6. The van der Waals surface area contributed by atoms with Gasteiger partial charge in [0.25, 0.3) is 0 Å². The number of hydrogen-bond acceptors (Lipinski definition) is 6. The van der Waals surface area contributed by atoms with Crippen LogP contribution < -0.4 is 5.32 Å². The first-order valence-corrected chi connectivity index (χ1v) is 12.8. The minimum Gasteiger partial charge on any atom is -0.462 e. The highest BCUT2D eigenvalue weighted by Crippen LogP contribution is 2.40. The SMILES string of the molecule is C=C(C)C(=O)OCCCNC(=O)OC(C)(C)C(COC(C)(C)C(C)(C)CCCCO)c1ccccc1. The van der Waals surface area contributed by atoms with Crippen LogP contribution in [0, 0.1) is 5.41 Å². The fourth-order valence-electron chi connectivity index (χ4n) is 3.75. The van der Waals surface area contributed by atoms with Crippen molar-refractivity contribution in [1.82, 2.24) is 5.32 Å². The first-order chi connectivity index (χ1) is 16.7. The topological polar surface area (TPSA) is 94.1 Å². The summed E-state index contributed by atoms with van der Waals surface area (Å²) in [5.41, 5.74) is -0.0328. The standard InChI is InChI=1S/C29H47NO6/c1-22(2)25(32)34-20-14-18-30-26(33)36-28(5,6)24(23-15-10-9-11-16-23)21-35-29(7,8)27(3,4)17-12-13-19-31/h9-11,15-16,24,31H,1,12-14,17-21H2,2-8H3,(H,30,33). The van der Waals surface area contributed by atoms with E-state index in [4.69, 9.17) is 19.3 Å². The van der Waals surface area contributed by atoms with Crippen molar-refractivity contribution in [2.24, 2.45) is 5.41 Å². The summed E-state index contributed by atoms with van der Waals surface area (Å²) in [4.78, 5) is 24.0. The van der Waals surface area contributed by atoms with E-state index >= 15 is 0 Å². The molecule has 0 radical (unpaired) electrons. The molecule has 0 spiro atoms. The van der Waals surface area contributed by atoms with E-state index < -0.39 is 23.3 Å². The van der Waals surface area contributed by atoms with E-state index in [1.54, 1.807) is 6.92 Å². The number of unbranched alkanes of at least 4 members (excludes halogenated alkanes) is 1. The van der Waals surface area contributed by atoms with Crippen LogP contribution >= 0.6 is 0 Å². The average molecular weight is 506 g/mol. The molecule has 2 N–H and O–H groups in total. The minimum atomic E-state index is -0.852. The lowest BCUT2D eigenvalue weighted by molar-refractivity contribution is -0.138. The zero-order valence-corrected chi connectivity index (χ0v) is 23.3. The van der Waals surface area contributed by atoms with Gasteiger partial charge in [-0.25, -0.2) is 9.59 Å². The maximum absolute atomic E-state index is 12.6. The van der Waals surface area contributed by atoms with Crippen LogP contribution in [0.4, 0.5) is 4.79 Å². The second-order valence-corrected chi connectivity index (χ2v) is 11.0. The van der Waals surface area contributed by atoms with Crippen molar-refractivity contribution in [2.45, 2.75) is 91.3 Å². The highest BCUT2D eigenvalue weighted by Gasteiger charge is 2.41. The minimum absolute atomic E-state index is 0.112. The Labute approximate surface area is 217 Å². The number of carbonyl (C=O) groups excluding carboxylic acids is 2. The number of nitrogens with one attached hydrogen (secondary N) is 1. The molecule has 1 aromatic rings. The van der Waals surface area contributed by atoms with E-state index in [1.165, 1.54) is 0 Å². The zero-order valence-electron chi connectivity index (χ0n) is 23.3. The molecule has 1 rings (SSSR count). The van der Waals surface area contributed by atoms with Gasteiger partial charge < -0.3 is 24.6 Å². The summed E-state index contributed by atoms with van der Waals surface area (Å²) < 4.78 is 17.5. The summed E-state index contributed by atoms with van der Waals surface area (Å²) in [6.45, 7) is 18.5. The number of amides is 1. The molecule has 1 unspecified atom stereocenters. The van der Waals surface area contributed by atoms with E-state index in [-0.39, 0.29) is 24.5 Å². The number of benzene rings is 1. The third kappa shape index (κ3) is 10.3. The summed E-state index contributed by atoms with van der Waals surface area (Å²) in [7, 11) is 0. The van der Waals surface area contributed by atoms with Crippen molar-refractivity contribution in [3.8, 4) is 0 Å². The van der Waals surface area contributed by atoms with Gasteiger partial charge in [0.2, 0.25) is 0 Å². The molecule has 0 bridgehead atoms. The van der Waals surface area contributed by atoms with E-state index in [2.05, 4.69) is 39.6 Å². The summed E-state index contributed by atoms with van der Waals surface area (Å²) in [6.07, 6.45) is 2.58. The highest BCUT2D eigenvalue weighted by atomic mass is 16.6. The smallest absolute Gasteiger partial charge is 0.407 e. The molecule has 36 heavy (non-hydrogen) atoms.